The Morgan fingerprint density at radius 3 is 2.43 bits per heavy atom. The van der Waals surface area contributed by atoms with Crippen molar-refractivity contribution >= 4 is 21.7 Å². The molecule has 21 heavy (non-hydrogen) atoms. The van der Waals surface area contributed by atoms with Crippen molar-refractivity contribution in [2.24, 2.45) is 5.73 Å². The van der Waals surface area contributed by atoms with Gasteiger partial charge in [0.15, 0.2) is 0 Å². The number of ketones is 1. The zero-order chi connectivity index (χ0) is 15.2. The fourth-order valence-corrected chi connectivity index (χ4v) is 2.62. The van der Waals surface area contributed by atoms with Crippen molar-refractivity contribution in [1.29, 1.82) is 0 Å². The second kappa shape index (κ2) is 7.38. The van der Waals surface area contributed by atoms with Crippen molar-refractivity contribution < 1.29 is 9.53 Å². The molecule has 0 saturated heterocycles. The first kappa shape index (κ1) is 15.7. The summed E-state index contributed by atoms with van der Waals surface area (Å²) < 4.78 is 6.12. The summed E-state index contributed by atoms with van der Waals surface area (Å²) in [5, 5.41) is 0. The van der Waals surface area contributed by atoms with Crippen LogP contribution in [0.4, 0.5) is 0 Å². The third-order valence-corrected chi connectivity index (χ3v) is 4.14. The molecule has 2 aromatic carbocycles. The van der Waals surface area contributed by atoms with Gasteiger partial charge in [0.05, 0.1) is 7.11 Å². The second-order valence-corrected chi connectivity index (χ2v) is 5.68. The van der Waals surface area contributed by atoms with Crippen LogP contribution in [0.1, 0.15) is 16.7 Å². The Morgan fingerprint density at radius 1 is 1.10 bits per heavy atom. The minimum Gasteiger partial charge on any atom is -0.497 e. The van der Waals surface area contributed by atoms with Crippen LogP contribution in [0.15, 0.2) is 46.9 Å². The molecule has 0 atom stereocenters. The van der Waals surface area contributed by atoms with Gasteiger partial charge in [-0.05, 0) is 34.9 Å². The van der Waals surface area contributed by atoms with Crippen LogP contribution in [0.5, 0.6) is 5.75 Å². The minimum absolute atomic E-state index is 0.157. The topological polar surface area (TPSA) is 52.3 Å². The maximum absolute atomic E-state index is 12.3. The molecule has 110 valence electrons. The molecular weight excluding hydrogens is 330 g/mol. The highest BCUT2D eigenvalue weighted by molar-refractivity contribution is 9.10. The van der Waals surface area contributed by atoms with Crippen LogP contribution in [0.2, 0.25) is 0 Å². The van der Waals surface area contributed by atoms with Crippen molar-refractivity contribution in [3.05, 3.63) is 63.6 Å². The first-order valence-electron chi connectivity index (χ1n) is 6.75. The molecule has 0 aliphatic rings. The third kappa shape index (κ3) is 4.16. The Hall–Kier alpha value is -1.65. The molecule has 2 N–H and O–H groups in total. The van der Waals surface area contributed by atoms with E-state index in [1.54, 1.807) is 7.11 Å². The molecule has 0 aromatic heterocycles. The van der Waals surface area contributed by atoms with Crippen molar-refractivity contribution in [2.45, 2.75) is 19.4 Å². The number of hydrogen-bond donors (Lipinski definition) is 1. The van der Waals surface area contributed by atoms with Gasteiger partial charge in [-0.3, -0.25) is 4.79 Å². The lowest BCUT2D eigenvalue weighted by molar-refractivity contribution is -0.117. The molecular formula is C17H18BrNO2. The van der Waals surface area contributed by atoms with Crippen molar-refractivity contribution in [3.8, 4) is 5.75 Å². The van der Waals surface area contributed by atoms with E-state index in [4.69, 9.17) is 10.5 Å². The molecule has 0 aliphatic heterocycles. The number of benzene rings is 2. The summed E-state index contributed by atoms with van der Waals surface area (Å²) in [5.74, 6) is 0.910. The van der Waals surface area contributed by atoms with Gasteiger partial charge in [0.2, 0.25) is 0 Å². The van der Waals surface area contributed by atoms with E-state index in [0.717, 1.165) is 26.9 Å². The molecule has 3 nitrogen and oxygen atoms in total. The maximum Gasteiger partial charge on any atom is 0.141 e. The predicted molar refractivity (Wildman–Crippen MR) is 87.4 cm³/mol. The summed E-state index contributed by atoms with van der Waals surface area (Å²) in [4.78, 5) is 12.3. The lowest BCUT2D eigenvalue weighted by atomic mass is 9.99. The van der Waals surface area contributed by atoms with Crippen LogP contribution in [0, 0.1) is 0 Å². The molecule has 2 aromatic rings. The molecule has 0 spiro atoms. The average Bonchev–Trinajstić information content (AvgIpc) is 2.50. The number of carbonyl (C=O) groups excluding carboxylic acids is 1. The quantitative estimate of drug-likeness (QED) is 0.872. The summed E-state index contributed by atoms with van der Waals surface area (Å²) in [6.07, 6.45) is 0.772. The van der Waals surface area contributed by atoms with Crippen LogP contribution in [-0.2, 0) is 24.2 Å². The summed E-state index contributed by atoms with van der Waals surface area (Å²) in [7, 11) is 1.62. The zero-order valence-electron chi connectivity index (χ0n) is 11.9. The molecule has 0 radical (unpaired) electrons. The van der Waals surface area contributed by atoms with Gasteiger partial charge in [-0.25, -0.2) is 0 Å². The second-order valence-electron chi connectivity index (χ2n) is 4.82. The fourth-order valence-electron chi connectivity index (χ4n) is 2.23. The van der Waals surface area contributed by atoms with Gasteiger partial charge in [0, 0.05) is 23.9 Å². The highest BCUT2D eigenvalue weighted by Gasteiger charge is 2.11. The molecule has 0 bridgehead atoms. The van der Waals surface area contributed by atoms with Crippen LogP contribution in [0.25, 0.3) is 0 Å². The number of nitrogens with two attached hydrogens (primary N) is 1. The Morgan fingerprint density at radius 2 is 1.76 bits per heavy atom. The summed E-state index contributed by atoms with van der Waals surface area (Å²) in [6, 6.07) is 13.4. The first-order valence-corrected chi connectivity index (χ1v) is 7.54. The van der Waals surface area contributed by atoms with E-state index in [1.165, 1.54) is 0 Å². The number of hydrogen-bond acceptors (Lipinski definition) is 3. The minimum atomic E-state index is 0.157. The Kier molecular flexibility index (Phi) is 5.53. The van der Waals surface area contributed by atoms with E-state index in [-0.39, 0.29) is 5.78 Å². The van der Waals surface area contributed by atoms with E-state index in [2.05, 4.69) is 15.9 Å². The molecule has 0 heterocycles. The van der Waals surface area contributed by atoms with Crippen molar-refractivity contribution in [1.82, 2.24) is 0 Å². The van der Waals surface area contributed by atoms with E-state index < -0.39 is 0 Å². The average molecular weight is 348 g/mol. The molecule has 0 saturated carbocycles. The zero-order valence-corrected chi connectivity index (χ0v) is 13.5. The largest absolute Gasteiger partial charge is 0.497 e. The standard InChI is InChI=1S/C17H18BrNO2/c1-21-16-6-7-17(18)14(10-16)9-15(20)8-12-4-2-3-5-13(12)11-19/h2-7,10H,8-9,11,19H2,1H3. The molecule has 0 unspecified atom stereocenters. The summed E-state index contributed by atoms with van der Waals surface area (Å²) >= 11 is 3.47. The van der Waals surface area contributed by atoms with Crippen LogP contribution in [0.3, 0.4) is 0 Å². The molecule has 4 heteroatoms. The summed E-state index contributed by atoms with van der Waals surface area (Å²) in [6.45, 7) is 0.451. The number of rotatable bonds is 6. The number of carbonyl (C=O) groups is 1. The van der Waals surface area contributed by atoms with Crippen molar-refractivity contribution in [2.75, 3.05) is 7.11 Å². The predicted octanol–water partition coefficient (Wildman–Crippen LogP) is 3.27. The van der Waals surface area contributed by atoms with Gasteiger partial charge in [0.1, 0.15) is 11.5 Å². The van der Waals surface area contributed by atoms with Crippen LogP contribution >= 0.6 is 15.9 Å². The molecule has 2 rings (SSSR count). The number of Topliss-reactive ketones (excluding diaryl/α,β-unsaturated/α-hetero) is 1. The molecule has 0 amide bonds. The molecule has 0 aliphatic carbocycles. The first-order chi connectivity index (χ1) is 10.1. The van der Waals surface area contributed by atoms with Gasteiger partial charge in [-0.1, -0.05) is 40.2 Å². The van der Waals surface area contributed by atoms with E-state index >= 15 is 0 Å². The SMILES string of the molecule is COc1ccc(Br)c(CC(=O)Cc2ccccc2CN)c1. The lowest BCUT2D eigenvalue weighted by Gasteiger charge is -2.09. The number of halogens is 1. The molecule has 0 fully saturated rings. The Balaban J connectivity index is 2.11. The smallest absolute Gasteiger partial charge is 0.141 e. The monoisotopic (exact) mass is 347 g/mol. The van der Waals surface area contributed by atoms with Crippen molar-refractivity contribution in [3.63, 3.8) is 0 Å². The summed E-state index contributed by atoms with van der Waals surface area (Å²) in [5.41, 5.74) is 8.67. The van der Waals surface area contributed by atoms with Gasteiger partial charge in [-0.2, -0.15) is 0 Å². The van der Waals surface area contributed by atoms with Crippen LogP contribution < -0.4 is 10.5 Å². The maximum atomic E-state index is 12.3. The van der Waals surface area contributed by atoms with Gasteiger partial charge in [-0.15, -0.1) is 0 Å². The lowest BCUT2D eigenvalue weighted by Crippen LogP contribution is -2.10. The fraction of sp³-hybridized carbons (Fsp3) is 0.235. The highest BCUT2D eigenvalue weighted by Crippen LogP contribution is 2.23. The normalized spacial score (nSPS) is 10.4. The highest BCUT2D eigenvalue weighted by atomic mass is 79.9. The van der Waals surface area contributed by atoms with E-state index in [1.807, 2.05) is 42.5 Å². The van der Waals surface area contributed by atoms with E-state index in [9.17, 15) is 4.79 Å². The van der Waals surface area contributed by atoms with Gasteiger partial charge in [0.25, 0.3) is 0 Å². The van der Waals surface area contributed by atoms with E-state index in [0.29, 0.717) is 19.4 Å². The number of methoxy groups -OCH3 is 1. The van der Waals surface area contributed by atoms with Crippen LogP contribution in [-0.4, -0.2) is 12.9 Å². The Labute approximate surface area is 133 Å². The number of ether oxygens (including phenoxy) is 1. The Bertz CT molecular complexity index is 640. The van der Waals surface area contributed by atoms with Gasteiger partial charge < -0.3 is 10.5 Å². The third-order valence-electron chi connectivity index (χ3n) is 3.37. The van der Waals surface area contributed by atoms with Gasteiger partial charge >= 0.3 is 0 Å².